The summed E-state index contributed by atoms with van der Waals surface area (Å²) in [6.45, 7) is 17.8. The van der Waals surface area contributed by atoms with Gasteiger partial charge in [-0.1, -0.05) is 52.3 Å². The van der Waals surface area contributed by atoms with Gasteiger partial charge in [0.05, 0.1) is 0 Å². The number of hydrogen-bond donors (Lipinski definition) is 2. The predicted molar refractivity (Wildman–Crippen MR) is 142 cm³/mol. The molecule has 192 valence electrons. The van der Waals surface area contributed by atoms with Crippen LogP contribution in [-0.2, 0) is 9.59 Å². The number of hydrogen-bond acceptors (Lipinski definition) is 3. The van der Waals surface area contributed by atoms with Gasteiger partial charge in [-0.3, -0.25) is 9.59 Å². The van der Waals surface area contributed by atoms with E-state index < -0.39 is 0 Å². The largest absolute Gasteiger partial charge is 0.504 e. The van der Waals surface area contributed by atoms with Gasteiger partial charge < -0.3 is 10.4 Å². The number of carbonyl (C=O) groups excluding carboxylic acids is 2. The first-order valence-corrected chi connectivity index (χ1v) is 13.5. The van der Waals surface area contributed by atoms with Crippen LogP contribution in [0.15, 0.2) is 46.3 Å². The molecule has 1 amide bonds. The predicted octanol–water partition coefficient (Wildman–Crippen LogP) is 7.28. The van der Waals surface area contributed by atoms with Crippen LogP contribution in [0, 0.1) is 21.7 Å². The van der Waals surface area contributed by atoms with Crippen molar-refractivity contribution in [1.82, 2.24) is 5.32 Å². The maximum atomic E-state index is 12.6. The van der Waals surface area contributed by atoms with Crippen molar-refractivity contribution < 1.29 is 14.7 Å². The summed E-state index contributed by atoms with van der Waals surface area (Å²) in [5.41, 5.74) is 4.43. The molecule has 4 nitrogen and oxygen atoms in total. The van der Waals surface area contributed by atoms with E-state index in [1.54, 1.807) is 6.08 Å². The molecule has 4 atom stereocenters. The number of aliphatic hydroxyl groups excluding tert-OH is 1. The lowest BCUT2D eigenvalue weighted by atomic mass is 9.39. The first kappa shape index (κ1) is 26.0. The number of fused-ring (bicyclic) bond motifs is 5. The van der Waals surface area contributed by atoms with Crippen LogP contribution in [0.5, 0.6) is 0 Å². The number of rotatable bonds is 5. The molecule has 0 aromatic rings. The molecular formula is C31H45NO3. The minimum Gasteiger partial charge on any atom is -0.504 e. The highest BCUT2D eigenvalue weighted by Gasteiger charge is 2.61. The van der Waals surface area contributed by atoms with Crippen LogP contribution in [-0.4, -0.2) is 22.3 Å². The fraction of sp³-hybridized carbons (Fsp3) is 0.677. The molecular weight excluding hydrogens is 434 g/mol. The van der Waals surface area contributed by atoms with Crippen molar-refractivity contribution in [3.05, 3.63) is 46.3 Å². The molecule has 0 aliphatic heterocycles. The van der Waals surface area contributed by atoms with E-state index in [1.807, 2.05) is 13.8 Å². The van der Waals surface area contributed by atoms with E-state index in [9.17, 15) is 14.7 Å². The Balaban J connectivity index is 1.61. The number of ketones is 1. The van der Waals surface area contributed by atoms with Crippen molar-refractivity contribution in [1.29, 1.82) is 0 Å². The maximum Gasteiger partial charge on any atom is 0.220 e. The van der Waals surface area contributed by atoms with Gasteiger partial charge in [-0.2, -0.15) is 0 Å². The van der Waals surface area contributed by atoms with Crippen molar-refractivity contribution >= 4 is 11.7 Å². The molecule has 0 spiro atoms. The molecule has 0 aromatic carbocycles. The van der Waals surface area contributed by atoms with E-state index in [0.717, 1.165) is 43.3 Å². The third kappa shape index (κ3) is 4.05. The smallest absolute Gasteiger partial charge is 0.220 e. The minimum absolute atomic E-state index is 0.0640. The molecule has 35 heavy (non-hydrogen) atoms. The van der Waals surface area contributed by atoms with Gasteiger partial charge in [-0.05, 0) is 99.2 Å². The highest BCUT2D eigenvalue weighted by atomic mass is 16.3. The van der Waals surface area contributed by atoms with Crippen LogP contribution in [0.2, 0.25) is 0 Å². The lowest BCUT2D eigenvalue weighted by Gasteiger charge is -2.64. The second-order valence-electron chi connectivity index (χ2n) is 13.6. The van der Waals surface area contributed by atoms with Gasteiger partial charge in [-0.15, -0.1) is 0 Å². The number of aliphatic hydroxyl groups is 1. The molecule has 0 aromatic heterocycles. The number of amides is 1. The van der Waals surface area contributed by atoms with E-state index >= 15 is 0 Å². The molecule has 2 saturated carbocycles. The van der Waals surface area contributed by atoms with Crippen molar-refractivity contribution in [2.45, 2.75) is 112 Å². The lowest BCUT2D eigenvalue weighted by Crippen LogP contribution is -2.55. The average Bonchev–Trinajstić information content (AvgIpc) is 2.78. The summed E-state index contributed by atoms with van der Waals surface area (Å²) >= 11 is 0. The number of nitrogens with one attached hydrogen (secondary N) is 1. The Hall–Kier alpha value is -2.10. The summed E-state index contributed by atoms with van der Waals surface area (Å²) in [5.74, 6) is -0.246. The zero-order valence-electron chi connectivity index (χ0n) is 23.2. The van der Waals surface area contributed by atoms with Crippen LogP contribution in [0.25, 0.3) is 0 Å². The van der Waals surface area contributed by atoms with E-state index in [4.69, 9.17) is 0 Å². The van der Waals surface area contributed by atoms with Gasteiger partial charge in [0.2, 0.25) is 11.7 Å². The SMILES string of the molecule is CCC(=O)NC(C)(C)CC[C@]1(C)CC[C@]2(C)C3=CC=C4C(=CC(=O)C(O)=C4C)[C@]3(C)CC[C@@]2(C)C1. The van der Waals surface area contributed by atoms with Crippen LogP contribution in [0.4, 0.5) is 0 Å². The van der Waals surface area contributed by atoms with Crippen LogP contribution >= 0.6 is 0 Å². The molecule has 0 bridgehead atoms. The Bertz CT molecular complexity index is 1090. The fourth-order valence-corrected chi connectivity index (χ4v) is 7.81. The highest BCUT2D eigenvalue weighted by Crippen LogP contribution is 2.71. The molecule has 2 N–H and O–H groups in total. The van der Waals surface area contributed by atoms with Crippen molar-refractivity contribution in [3.8, 4) is 0 Å². The molecule has 4 aliphatic rings. The Morgan fingerprint density at radius 1 is 1.09 bits per heavy atom. The van der Waals surface area contributed by atoms with E-state index in [2.05, 4.69) is 59.0 Å². The molecule has 0 radical (unpaired) electrons. The van der Waals surface area contributed by atoms with Gasteiger partial charge in [0, 0.05) is 22.9 Å². The Morgan fingerprint density at radius 2 is 1.77 bits per heavy atom. The minimum atomic E-state index is -0.260. The maximum absolute atomic E-state index is 12.6. The lowest BCUT2D eigenvalue weighted by molar-refractivity contribution is -0.122. The first-order valence-electron chi connectivity index (χ1n) is 13.5. The zero-order chi connectivity index (χ0) is 26.0. The summed E-state index contributed by atoms with van der Waals surface area (Å²) in [6, 6.07) is 0. The standard InChI is InChI=1S/C31H45NO3/c1-9-25(34)32-27(3,4)12-13-28(5)14-17-31(8)24-11-10-21-20(2)26(35)23(33)18-22(21)30(24,7)16-15-29(31,6)19-28/h10-11,18,35H,9,12-17,19H2,1-8H3,(H,32,34)/t28-,29+,30+,31-/m1/s1. The quantitative estimate of drug-likeness (QED) is 0.435. The number of allylic oxidation sites excluding steroid dienone is 7. The topological polar surface area (TPSA) is 66.4 Å². The van der Waals surface area contributed by atoms with Crippen molar-refractivity contribution in [3.63, 3.8) is 0 Å². The molecule has 0 saturated heterocycles. The van der Waals surface area contributed by atoms with Gasteiger partial charge in [0.1, 0.15) is 0 Å². The zero-order valence-corrected chi connectivity index (χ0v) is 23.2. The monoisotopic (exact) mass is 479 g/mol. The summed E-state index contributed by atoms with van der Waals surface area (Å²) in [6.07, 6.45) is 14.4. The van der Waals surface area contributed by atoms with Crippen LogP contribution in [0.3, 0.4) is 0 Å². The molecule has 2 fully saturated rings. The second kappa shape index (κ2) is 8.21. The van der Waals surface area contributed by atoms with Gasteiger partial charge in [-0.25, -0.2) is 0 Å². The molecule has 4 aliphatic carbocycles. The van der Waals surface area contributed by atoms with Crippen molar-refractivity contribution in [2.24, 2.45) is 21.7 Å². The molecule has 4 rings (SSSR count). The molecule has 0 unspecified atom stereocenters. The van der Waals surface area contributed by atoms with Gasteiger partial charge in [0.25, 0.3) is 0 Å². The third-order valence-corrected chi connectivity index (χ3v) is 10.5. The summed E-state index contributed by atoms with van der Waals surface area (Å²) in [7, 11) is 0. The van der Waals surface area contributed by atoms with Gasteiger partial charge >= 0.3 is 0 Å². The normalized spacial score (nSPS) is 36.9. The van der Waals surface area contributed by atoms with Crippen molar-refractivity contribution in [2.75, 3.05) is 0 Å². The van der Waals surface area contributed by atoms with Crippen LogP contribution in [0.1, 0.15) is 107 Å². The summed E-state index contributed by atoms with van der Waals surface area (Å²) < 4.78 is 0. The molecule has 4 heteroatoms. The Kier molecular flexibility index (Phi) is 6.10. The third-order valence-electron chi connectivity index (χ3n) is 10.5. The number of carbonyl (C=O) groups is 2. The Labute approximate surface area is 212 Å². The summed E-state index contributed by atoms with van der Waals surface area (Å²) in [5, 5.41) is 13.5. The highest BCUT2D eigenvalue weighted by molar-refractivity contribution is 6.06. The fourth-order valence-electron chi connectivity index (χ4n) is 7.81. The second-order valence-corrected chi connectivity index (χ2v) is 13.6. The van der Waals surface area contributed by atoms with E-state index in [1.165, 1.54) is 18.4 Å². The molecule has 0 heterocycles. The van der Waals surface area contributed by atoms with Crippen LogP contribution < -0.4 is 5.32 Å². The van der Waals surface area contributed by atoms with E-state index in [0.29, 0.717) is 12.0 Å². The Morgan fingerprint density at radius 3 is 2.43 bits per heavy atom. The summed E-state index contributed by atoms with van der Waals surface area (Å²) in [4.78, 5) is 24.6. The van der Waals surface area contributed by atoms with Gasteiger partial charge in [0.15, 0.2) is 5.76 Å². The first-order chi connectivity index (χ1) is 16.1. The van der Waals surface area contributed by atoms with E-state index in [-0.39, 0.29) is 44.6 Å². The average molecular weight is 480 g/mol.